The summed E-state index contributed by atoms with van der Waals surface area (Å²) in [4.78, 5) is 19.8. The van der Waals surface area contributed by atoms with Crippen LogP contribution in [0.5, 0.6) is 0 Å². The van der Waals surface area contributed by atoms with E-state index in [1.54, 1.807) is 6.92 Å². The van der Waals surface area contributed by atoms with E-state index in [0.717, 1.165) is 22.3 Å². The number of nitrogens with zero attached hydrogens (tertiary/aromatic N) is 2. The van der Waals surface area contributed by atoms with Crippen LogP contribution in [0.1, 0.15) is 18.3 Å². The molecule has 0 amide bonds. The van der Waals surface area contributed by atoms with Crippen LogP contribution in [0.15, 0.2) is 53.6 Å². The highest BCUT2D eigenvalue weighted by molar-refractivity contribution is 6.42. The molecule has 0 fully saturated rings. The molecule has 0 saturated heterocycles. The van der Waals surface area contributed by atoms with E-state index in [1.165, 1.54) is 0 Å². The van der Waals surface area contributed by atoms with Gasteiger partial charge < -0.3 is 9.72 Å². The van der Waals surface area contributed by atoms with Crippen molar-refractivity contribution in [2.24, 2.45) is 5.10 Å². The van der Waals surface area contributed by atoms with Crippen molar-refractivity contribution >= 4 is 28.4 Å². The number of aromatic amines is 1. The molecule has 0 atom stereocenters. The van der Waals surface area contributed by atoms with E-state index in [9.17, 15) is 4.79 Å². The number of carbonyl (C=O) groups excluding carboxylic acids is 1. The van der Waals surface area contributed by atoms with Crippen LogP contribution in [0.2, 0.25) is 0 Å². The maximum Gasteiger partial charge on any atom is 0.362 e. The molecule has 0 radical (unpaired) electrons. The van der Waals surface area contributed by atoms with Gasteiger partial charge in [0.2, 0.25) is 5.71 Å². The quantitative estimate of drug-likeness (QED) is 0.429. The predicted molar refractivity (Wildman–Crippen MR) is 94.1 cm³/mol. The minimum atomic E-state index is -0.531. The van der Waals surface area contributed by atoms with Gasteiger partial charge in [-0.25, -0.2) is 9.78 Å². The van der Waals surface area contributed by atoms with Gasteiger partial charge in [-0.1, -0.05) is 29.8 Å². The number of imidazole rings is 1. The highest BCUT2D eigenvalue weighted by atomic mass is 16.5. The van der Waals surface area contributed by atoms with Crippen LogP contribution in [0, 0.1) is 6.92 Å². The molecule has 3 aromatic rings. The van der Waals surface area contributed by atoms with Crippen LogP contribution in [0.4, 0.5) is 5.69 Å². The molecule has 0 spiro atoms. The van der Waals surface area contributed by atoms with Crippen molar-refractivity contribution in [3.05, 3.63) is 59.9 Å². The zero-order valence-corrected chi connectivity index (χ0v) is 13.5. The fourth-order valence-corrected chi connectivity index (χ4v) is 2.21. The van der Waals surface area contributed by atoms with E-state index in [-0.39, 0.29) is 12.3 Å². The number of carbonyl (C=O) groups is 1. The number of nitrogens with one attached hydrogen (secondary N) is 2. The third kappa shape index (κ3) is 3.43. The van der Waals surface area contributed by atoms with Gasteiger partial charge in [-0.2, -0.15) is 5.10 Å². The molecule has 3 rings (SSSR count). The summed E-state index contributed by atoms with van der Waals surface area (Å²) in [6.45, 7) is 4.02. The number of esters is 1. The first-order valence-corrected chi connectivity index (χ1v) is 7.70. The number of aromatic nitrogens is 2. The lowest BCUT2D eigenvalue weighted by Gasteiger charge is -2.05. The third-order valence-corrected chi connectivity index (χ3v) is 3.43. The van der Waals surface area contributed by atoms with Crippen molar-refractivity contribution in [1.82, 2.24) is 9.97 Å². The third-order valence-electron chi connectivity index (χ3n) is 3.43. The summed E-state index contributed by atoms with van der Waals surface area (Å²) < 4.78 is 5.09. The van der Waals surface area contributed by atoms with Gasteiger partial charge in [0.1, 0.15) is 0 Å². The van der Waals surface area contributed by atoms with Gasteiger partial charge in [0.15, 0.2) is 5.82 Å². The van der Waals surface area contributed by atoms with Crippen molar-refractivity contribution in [1.29, 1.82) is 0 Å². The second-order valence-corrected chi connectivity index (χ2v) is 5.26. The zero-order valence-electron chi connectivity index (χ0n) is 13.5. The number of para-hydroxylation sites is 2. The van der Waals surface area contributed by atoms with Crippen molar-refractivity contribution in [2.75, 3.05) is 12.0 Å². The Hall–Kier alpha value is -3.15. The standard InChI is InChI=1S/C18H18N4O2/c1-3-24-18(23)16(22-21-13-10-8-12(2)9-11-13)17-19-14-6-4-5-7-15(14)20-17/h4-11,21H,3H2,1-2H3,(H,19,20)/b22-16-. The number of rotatable bonds is 5. The number of hydrazone groups is 1. The van der Waals surface area contributed by atoms with Gasteiger partial charge in [-0.05, 0) is 38.1 Å². The number of aryl methyl sites for hydroxylation is 1. The smallest absolute Gasteiger partial charge is 0.362 e. The lowest BCUT2D eigenvalue weighted by molar-refractivity contribution is -0.134. The average molecular weight is 322 g/mol. The van der Waals surface area contributed by atoms with Crippen molar-refractivity contribution in [3.8, 4) is 0 Å². The van der Waals surface area contributed by atoms with Gasteiger partial charge in [-0.15, -0.1) is 0 Å². The summed E-state index contributed by atoms with van der Waals surface area (Å²) >= 11 is 0. The van der Waals surface area contributed by atoms with Gasteiger partial charge in [0.25, 0.3) is 0 Å². The first-order valence-electron chi connectivity index (χ1n) is 7.70. The molecule has 0 aliphatic carbocycles. The van der Waals surface area contributed by atoms with Crippen molar-refractivity contribution in [3.63, 3.8) is 0 Å². The minimum Gasteiger partial charge on any atom is -0.461 e. The van der Waals surface area contributed by atoms with Crippen LogP contribution in [0.3, 0.4) is 0 Å². The van der Waals surface area contributed by atoms with Crippen LogP contribution in [-0.4, -0.2) is 28.3 Å². The van der Waals surface area contributed by atoms with E-state index in [2.05, 4.69) is 20.5 Å². The highest BCUT2D eigenvalue weighted by Gasteiger charge is 2.19. The number of anilines is 1. The van der Waals surface area contributed by atoms with Crippen molar-refractivity contribution in [2.45, 2.75) is 13.8 Å². The van der Waals surface area contributed by atoms with E-state index < -0.39 is 5.97 Å². The normalized spacial score (nSPS) is 11.5. The molecule has 0 unspecified atom stereocenters. The molecule has 2 N–H and O–H groups in total. The lowest BCUT2D eigenvalue weighted by Crippen LogP contribution is -2.21. The number of benzene rings is 2. The Bertz CT molecular complexity index is 848. The molecule has 6 heteroatoms. The molecule has 122 valence electrons. The summed E-state index contributed by atoms with van der Waals surface area (Å²) in [6.07, 6.45) is 0. The Morgan fingerprint density at radius 2 is 1.96 bits per heavy atom. The Balaban J connectivity index is 1.94. The largest absolute Gasteiger partial charge is 0.461 e. The molecule has 24 heavy (non-hydrogen) atoms. The van der Waals surface area contributed by atoms with Crippen LogP contribution >= 0.6 is 0 Å². The van der Waals surface area contributed by atoms with Crippen LogP contribution in [-0.2, 0) is 9.53 Å². The second kappa shape index (κ2) is 6.95. The first kappa shape index (κ1) is 15.7. The average Bonchev–Trinajstić information content (AvgIpc) is 3.00. The Labute approximate surface area is 139 Å². The molecule has 1 aromatic heterocycles. The topological polar surface area (TPSA) is 79.4 Å². The molecule has 1 heterocycles. The Morgan fingerprint density at radius 1 is 1.21 bits per heavy atom. The van der Waals surface area contributed by atoms with Gasteiger partial charge in [0, 0.05) is 0 Å². The predicted octanol–water partition coefficient (Wildman–Crippen LogP) is 3.25. The highest BCUT2D eigenvalue weighted by Crippen LogP contribution is 2.13. The van der Waals surface area contributed by atoms with Crippen LogP contribution in [0.25, 0.3) is 11.0 Å². The van der Waals surface area contributed by atoms with E-state index >= 15 is 0 Å². The monoisotopic (exact) mass is 322 g/mol. The number of hydrogen-bond donors (Lipinski definition) is 2. The molecule has 0 aliphatic rings. The Kier molecular flexibility index (Phi) is 4.56. The number of H-pyrrole nitrogens is 1. The molecular weight excluding hydrogens is 304 g/mol. The van der Waals surface area contributed by atoms with E-state index in [0.29, 0.717) is 5.82 Å². The molecular formula is C18H18N4O2. The summed E-state index contributed by atoms with van der Waals surface area (Å²) in [6, 6.07) is 15.2. The SMILES string of the molecule is CCOC(=O)/C(=N\Nc1ccc(C)cc1)c1nc2ccccc2[nH]1. The maximum atomic E-state index is 12.2. The minimum absolute atomic E-state index is 0.105. The van der Waals surface area contributed by atoms with Gasteiger partial charge in [-0.3, -0.25) is 5.43 Å². The maximum absolute atomic E-state index is 12.2. The zero-order chi connectivity index (χ0) is 16.9. The summed E-state index contributed by atoms with van der Waals surface area (Å²) in [5.41, 5.74) is 6.51. The lowest BCUT2D eigenvalue weighted by atomic mass is 10.2. The number of hydrogen-bond acceptors (Lipinski definition) is 5. The van der Waals surface area contributed by atoms with Crippen LogP contribution < -0.4 is 5.43 Å². The fraction of sp³-hybridized carbons (Fsp3) is 0.167. The summed E-state index contributed by atoms with van der Waals surface area (Å²) in [5.74, 6) is -0.162. The van der Waals surface area contributed by atoms with Gasteiger partial charge >= 0.3 is 5.97 Å². The summed E-state index contributed by atoms with van der Waals surface area (Å²) in [7, 11) is 0. The summed E-state index contributed by atoms with van der Waals surface area (Å²) in [5, 5.41) is 4.21. The number of ether oxygens (including phenoxy) is 1. The van der Waals surface area contributed by atoms with Gasteiger partial charge in [0.05, 0.1) is 23.3 Å². The molecule has 2 aromatic carbocycles. The first-order chi connectivity index (χ1) is 11.7. The molecule has 0 saturated carbocycles. The second-order valence-electron chi connectivity index (χ2n) is 5.26. The molecule has 6 nitrogen and oxygen atoms in total. The molecule has 0 aliphatic heterocycles. The Morgan fingerprint density at radius 3 is 2.67 bits per heavy atom. The van der Waals surface area contributed by atoms with E-state index in [1.807, 2.05) is 55.5 Å². The number of fused-ring (bicyclic) bond motifs is 1. The van der Waals surface area contributed by atoms with Crippen molar-refractivity contribution < 1.29 is 9.53 Å². The van der Waals surface area contributed by atoms with E-state index in [4.69, 9.17) is 4.74 Å². The fourth-order valence-electron chi connectivity index (χ4n) is 2.21. The molecule has 0 bridgehead atoms.